The van der Waals surface area contributed by atoms with Crippen LogP contribution < -0.4 is 9.66 Å². The van der Waals surface area contributed by atoms with Crippen molar-refractivity contribution in [2.24, 2.45) is 0 Å². The molecule has 0 heterocycles. The Morgan fingerprint density at radius 2 is 0.909 bits per heavy atom. The van der Waals surface area contributed by atoms with Crippen molar-refractivity contribution in [1.82, 2.24) is 9.66 Å². The maximum absolute atomic E-state index is 11.9. The second-order valence-electron chi connectivity index (χ2n) is 4.69. The Kier molecular flexibility index (Phi) is 5.30. The van der Waals surface area contributed by atoms with Crippen molar-refractivity contribution in [3.63, 3.8) is 0 Å². The minimum absolute atomic E-state index is 0.304. The lowest BCUT2D eigenvalue weighted by atomic mass is 10.2. The van der Waals surface area contributed by atoms with Gasteiger partial charge in [0.25, 0.3) is 0 Å². The van der Waals surface area contributed by atoms with Crippen LogP contribution in [0.25, 0.3) is 0 Å². The minimum Gasteiger partial charge on any atom is -0.211 e. The largest absolute Gasteiger partial charge is 0.229 e. The van der Waals surface area contributed by atoms with Crippen LogP contribution in [-0.2, 0) is 31.6 Å². The van der Waals surface area contributed by atoms with Crippen LogP contribution in [0.3, 0.4) is 0 Å². The van der Waals surface area contributed by atoms with Crippen LogP contribution in [0, 0.1) is 0 Å². The highest BCUT2D eigenvalue weighted by Gasteiger charge is 2.17. The highest BCUT2D eigenvalue weighted by atomic mass is 32.2. The molecule has 0 saturated carbocycles. The molecule has 2 N–H and O–H groups in total. The molecule has 0 bridgehead atoms. The van der Waals surface area contributed by atoms with Gasteiger partial charge in [0.1, 0.15) is 0 Å². The van der Waals surface area contributed by atoms with E-state index in [4.69, 9.17) is 0 Å². The van der Waals surface area contributed by atoms with Crippen LogP contribution in [0.1, 0.15) is 11.1 Å². The molecule has 2 aromatic carbocycles. The molecular formula is C14H16N2O4S2. The number of hydrazine groups is 1. The average Bonchev–Trinajstić information content (AvgIpc) is 2.47. The van der Waals surface area contributed by atoms with Crippen molar-refractivity contribution >= 4 is 20.0 Å². The fourth-order valence-electron chi connectivity index (χ4n) is 1.79. The van der Waals surface area contributed by atoms with Gasteiger partial charge in [0.05, 0.1) is 11.5 Å². The number of hydrogen-bond acceptors (Lipinski definition) is 4. The van der Waals surface area contributed by atoms with Crippen molar-refractivity contribution in [3.05, 3.63) is 71.8 Å². The molecule has 8 heteroatoms. The lowest BCUT2D eigenvalue weighted by molar-refractivity contribution is 0.556. The summed E-state index contributed by atoms with van der Waals surface area (Å²) in [6.07, 6.45) is 0. The first-order valence-electron chi connectivity index (χ1n) is 6.43. The topological polar surface area (TPSA) is 92.3 Å². The van der Waals surface area contributed by atoms with Crippen LogP contribution in [0.5, 0.6) is 0 Å². The molecule has 0 aliphatic rings. The van der Waals surface area contributed by atoms with E-state index in [9.17, 15) is 16.8 Å². The first-order valence-corrected chi connectivity index (χ1v) is 9.74. The van der Waals surface area contributed by atoms with Gasteiger partial charge in [-0.15, -0.1) is 9.66 Å². The Bertz CT molecular complexity index is 733. The number of sulfonamides is 2. The molecule has 6 nitrogen and oxygen atoms in total. The second kappa shape index (κ2) is 7.01. The molecule has 0 amide bonds. The van der Waals surface area contributed by atoms with E-state index in [1.807, 2.05) is 9.66 Å². The second-order valence-corrected chi connectivity index (χ2v) is 8.14. The van der Waals surface area contributed by atoms with Crippen LogP contribution in [0.4, 0.5) is 0 Å². The zero-order valence-corrected chi connectivity index (χ0v) is 13.3. The van der Waals surface area contributed by atoms with E-state index < -0.39 is 20.0 Å². The van der Waals surface area contributed by atoms with E-state index in [-0.39, 0.29) is 11.5 Å². The molecule has 2 aromatic rings. The Hall–Kier alpha value is -1.74. The average molecular weight is 340 g/mol. The van der Waals surface area contributed by atoms with Gasteiger partial charge in [-0.2, -0.15) is 0 Å². The smallest absolute Gasteiger partial charge is 0.211 e. The van der Waals surface area contributed by atoms with Gasteiger partial charge in [0.15, 0.2) is 0 Å². The van der Waals surface area contributed by atoms with Crippen molar-refractivity contribution in [2.75, 3.05) is 0 Å². The molecule has 0 radical (unpaired) electrons. The molecule has 0 spiro atoms. The minimum atomic E-state index is -3.80. The number of rotatable bonds is 7. The molecule has 0 unspecified atom stereocenters. The van der Waals surface area contributed by atoms with Crippen LogP contribution >= 0.6 is 0 Å². The van der Waals surface area contributed by atoms with E-state index >= 15 is 0 Å². The van der Waals surface area contributed by atoms with Gasteiger partial charge in [0, 0.05) is 0 Å². The summed E-state index contributed by atoms with van der Waals surface area (Å²) in [6.45, 7) is 0. The third-order valence-corrected chi connectivity index (χ3v) is 5.13. The SMILES string of the molecule is O=S(=O)(Cc1ccccc1)NNS(=O)(=O)Cc1ccccc1. The van der Waals surface area contributed by atoms with Crippen LogP contribution in [0.2, 0.25) is 0 Å². The summed E-state index contributed by atoms with van der Waals surface area (Å²) in [7, 11) is -7.60. The van der Waals surface area contributed by atoms with Crippen molar-refractivity contribution in [2.45, 2.75) is 11.5 Å². The van der Waals surface area contributed by atoms with Gasteiger partial charge < -0.3 is 0 Å². The molecule has 0 aliphatic heterocycles. The van der Waals surface area contributed by atoms with Gasteiger partial charge in [-0.25, -0.2) is 16.8 Å². The van der Waals surface area contributed by atoms with Crippen molar-refractivity contribution in [1.29, 1.82) is 0 Å². The molecular weight excluding hydrogens is 324 g/mol. The Balaban J connectivity index is 1.96. The van der Waals surface area contributed by atoms with E-state index in [2.05, 4.69) is 0 Å². The Labute approximate surface area is 130 Å². The third kappa shape index (κ3) is 5.57. The molecule has 118 valence electrons. The first kappa shape index (κ1) is 16.6. The number of hydrogen-bond donors (Lipinski definition) is 2. The molecule has 0 saturated heterocycles. The highest BCUT2D eigenvalue weighted by molar-refractivity contribution is 7.91. The number of benzene rings is 2. The maximum Gasteiger partial charge on any atom is 0.229 e. The highest BCUT2D eigenvalue weighted by Crippen LogP contribution is 2.05. The van der Waals surface area contributed by atoms with E-state index in [1.165, 1.54) is 0 Å². The fourth-order valence-corrected chi connectivity index (χ4v) is 4.21. The summed E-state index contributed by atoms with van der Waals surface area (Å²) >= 11 is 0. The van der Waals surface area contributed by atoms with E-state index in [0.717, 1.165) is 0 Å². The van der Waals surface area contributed by atoms with Gasteiger partial charge in [-0.1, -0.05) is 60.7 Å². The predicted octanol–water partition coefficient (Wildman–Crippen LogP) is 1.14. The van der Waals surface area contributed by atoms with Gasteiger partial charge >= 0.3 is 0 Å². The number of nitrogens with one attached hydrogen (secondary N) is 2. The van der Waals surface area contributed by atoms with Crippen molar-refractivity contribution < 1.29 is 16.8 Å². The summed E-state index contributed by atoms with van der Waals surface area (Å²) in [5.74, 6) is -0.608. The molecule has 0 aliphatic carbocycles. The van der Waals surface area contributed by atoms with Crippen LogP contribution in [-0.4, -0.2) is 16.8 Å². The molecule has 22 heavy (non-hydrogen) atoms. The summed E-state index contributed by atoms with van der Waals surface area (Å²) in [5, 5.41) is 0. The fraction of sp³-hybridized carbons (Fsp3) is 0.143. The van der Waals surface area contributed by atoms with Gasteiger partial charge in [-0.05, 0) is 11.1 Å². The normalized spacial score (nSPS) is 12.2. The monoisotopic (exact) mass is 340 g/mol. The lowest BCUT2D eigenvalue weighted by Gasteiger charge is -2.09. The zero-order valence-electron chi connectivity index (χ0n) is 11.6. The standard InChI is InChI=1S/C14H16N2O4S2/c17-21(18,11-13-7-3-1-4-8-13)15-16-22(19,20)12-14-9-5-2-6-10-14/h1-10,15-16H,11-12H2. The van der Waals surface area contributed by atoms with Gasteiger partial charge in [0.2, 0.25) is 20.0 Å². The Morgan fingerprint density at radius 1 is 0.591 bits per heavy atom. The maximum atomic E-state index is 11.9. The summed E-state index contributed by atoms with van der Waals surface area (Å²) in [4.78, 5) is 3.80. The van der Waals surface area contributed by atoms with E-state index in [1.54, 1.807) is 60.7 Å². The first-order chi connectivity index (χ1) is 10.4. The Morgan fingerprint density at radius 3 is 1.23 bits per heavy atom. The summed E-state index contributed by atoms with van der Waals surface area (Å²) in [6, 6.07) is 17.0. The zero-order chi connectivity index (χ0) is 16.1. The lowest BCUT2D eigenvalue weighted by Crippen LogP contribution is -2.42. The third-order valence-electron chi connectivity index (χ3n) is 2.75. The molecule has 0 fully saturated rings. The predicted molar refractivity (Wildman–Crippen MR) is 84.4 cm³/mol. The quantitative estimate of drug-likeness (QED) is 0.739. The molecule has 0 atom stereocenters. The molecule has 0 aromatic heterocycles. The van der Waals surface area contributed by atoms with Crippen LogP contribution in [0.15, 0.2) is 60.7 Å². The van der Waals surface area contributed by atoms with E-state index in [0.29, 0.717) is 11.1 Å². The van der Waals surface area contributed by atoms with Crippen molar-refractivity contribution in [3.8, 4) is 0 Å². The van der Waals surface area contributed by atoms with Gasteiger partial charge in [-0.3, -0.25) is 0 Å². The summed E-state index contributed by atoms with van der Waals surface area (Å²) in [5.41, 5.74) is 1.13. The molecule has 2 rings (SSSR count). The summed E-state index contributed by atoms with van der Waals surface area (Å²) < 4.78 is 47.4.